The molecule has 0 saturated carbocycles. The summed E-state index contributed by atoms with van der Waals surface area (Å²) in [6.45, 7) is 1.95. The van der Waals surface area contributed by atoms with E-state index in [1.165, 1.54) is 25.4 Å². The number of alkyl halides is 3. The number of aromatic nitrogens is 2. The Balaban J connectivity index is 2.27. The molecule has 4 nitrogen and oxygen atoms in total. The van der Waals surface area contributed by atoms with E-state index in [0.29, 0.717) is 11.4 Å². The second-order valence-corrected chi connectivity index (χ2v) is 4.46. The largest absolute Gasteiger partial charge is 0.464 e. The molecule has 0 atom stereocenters. The lowest BCUT2D eigenvalue weighted by Crippen LogP contribution is -2.13. The van der Waals surface area contributed by atoms with E-state index in [1.807, 2.05) is 0 Å². The first-order chi connectivity index (χ1) is 9.82. The molecule has 1 aromatic heterocycles. The van der Waals surface area contributed by atoms with Crippen LogP contribution in [-0.2, 0) is 17.5 Å². The molecular formula is C14H13F3N2O2. The Hall–Kier alpha value is -2.31. The first-order valence-corrected chi connectivity index (χ1v) is 6.09. The van der Waals surface area contributed by atoms with Crippen LogP contribution in [0.2, 0.25) is 0 Å². The van der Waals surface area contributed by atoms with E-state index in [-0.39, 0.29) is 12.2 Å². The van der Waals surface area contributed by atoms with Crippen LogP contribution < -0.4 is 0 Å². The fourth-order valence-electron chi connectivity index (χ4n) is 1.92. The molecule has 0 aliphatic heterocycles. The first-order valence-electron chi connectivity index (χ1n) is 6.09. The van der Waals surface area contributed by atoms with Gasteiger partial charge in [0, 0.05) is 6.54 Å². The van der Waals surface area contributed by atoms with E-state index in [4.69, 9.17) is 0 Å². The molecule has 0 aliphatic rings. The molecule has 0 saturated heterocycles. The molecule has 0 N–H and O–H groups in total. The summed E-state index contributed by atoms with van der Waals surface area (Å²) in [6.07, 6.45) is -2.98. The van der Waals surface area contributed by atoms with Crippen LogP contribution in [-0.4, -0.2) is 22.6 Å². The second kappa shape index (κ2) is 5.59. The predicted molar refractivity (Wildman–Crippen MR) is 68.8 cm³/mol. The minimum Gasteiger partial charge on any atom is -0.464 e. The predicted octanol–water partition coefficient (Wildman–Crippen LogP) is 3.05. The summed E-state index contributed by atoms with van der Waals surface area (Å²) in [6, 6.07) is 4.78. The number of rotatable bonds is 3. The van der Waals surface area contributed by atoms with Gasteiger partial charge in [-0.05, 0) is 24.6 Å². The van der Waals surface area contributed by atoms with Crippen molar-refractivity contribution in [3.05, 3.63) is 53.1 Å². The Morgan fingerprint density at radius 2 is 1.90 bits per heavy atom. The van der Waals surface area contributed by atoms with Crippen LogP contribution in [0.3, 0.4) is 0 Å². The maximum absolute atomic E-state index is 12.5. The van der Waals surface area contributed by atoms with Crippen LogP contribution in [0.1, 0.15) is 27.4 Å². The van der Waals surface area contributed by atoms with Crippen LogP contribution in [0.25, 0.3) is 0 Å². The standard InChI is InChI=1S/C14H13F3N2O2/c1-9-18-7-12(13(20)21-2)19(9)8-10-3-5-11(6-4-10)14(15,16)17/h3-7H,8H2,1-2H3. The topological polar surface area (TPSA) is 44.1 Å². The maximum Gasteiger partial charge on any atom is 0.416 e. The highest BCUT2D eigenvalue weighted by Gasteiger charge is 2.30. The van der Waals surface area contributed by atoms with E-state index in [9.17, 15) is 18.0 Å². The summed E-state index contributed by atoms with van der Waals surface area (Å²) < 4.78 is 43.7. The van der Waals surface area contributed by atoms with Crippen molar-refractivity contribution >= 4 is 5.97 Å². The molecule has 0 spiro atoms. The Kier molecular flexibility index (Phi) is 4.02. The van der Waals surface area contributed by atoms with Crippen LogP contribution in [0.5, 0.6) is 0 Å². The lowest BCUT2D eigenvalue weighted by atomic mass is 10.1. The number of hydrogen-bond acceptors (Lipinski definition) is 3. The average molecular weight is 298 g/mol. The zero-order chi connectivity index (χ0) is 15.6. The molecule has 0 radical (unpaired) electrons. The number of esters is 1. The molecule has 21 heavy (non-hydrogen) atoms. The monoisotopic (exact) mass is 298 g/mol. The van der Waals surface area contributed by atoms with Crippen LogP contribution >= 0.6 is 0 Å². The van der Waals surface area contributed by atoms with Crippen LogP contribution in [0.15, 0.2) is 30.5 Å². The van der Waals surface area contributed by atoms with Crippen LogP contribution in [0.4, 0.5) is 13.2 Å². The summed E-state index contributed by atoms with van der Waals surface area (Å²) in [5, 5.41) is 0. The second-order valence-electron chi connectivity index (χ2n) is 4.46. The molecule has 0 amide bonds. The van der Waals surface area contributed by atoms with Gasteiger partial charge < -0.3 is 9.30 Å². The smallest absolute Gasteiger partial charge is 0.416 e. The summed E-state index contributed by atoms with van der Waals surface area (Å²) in [7, 11) is 1.26. The molecule has 0 bridgehead atoms. The number of benzene rings is 1. The van der Waals surface area contributed by atoms with Gasteiger partial charge in [0.15, 0.2) is 0 Å². The minimum atomic E-state index is -4.36. The number of carbonyl (C=O) groups excluding carboxylic acids is 1. The van der Waals surface area contributed by atoms with E-state index in [1.54, 1.807) is 11.5 Å². The highest BCUT2D eigenvalue weighted by molar-refractivity contribution is 5.87. The number of halogens is 3. The van der Waals surface area contributed by atoms with Gasteiger partial charge in [0.1, 0.15) is 11.5 Å². The van der Waals surface area contributed by atoms with Crippen molar-refractivity contribution in [2.24, 2.45) is 0 Å². The van der Waals surface area contributed by atoms with Crippen molar-refractivity contribution in [1.82, 2.24) is 9.55 Å². The van der Waals surface area contributed by atoms with Crippen molar-refractivity contribution in [1.29, 1.82) is 0 Å². The van der Waals surface area contributed by atoms with E-state index in [2.05, 4.69) is 9.72 Å². The van der Waals surface area contributed by atoms with Gasteiger partial charge >= 0.3 is 12.1 Å². The lowest BCUT2D eigenvalue weighted by molar-refractivity contribution is -0.137. The van der Waals surface area contributed by atoms with Gasteiger partial charge in [-0.15, -0.1) is 0 Å². The van der Waals surface area contributed by atoms with Crippen molar-refractivity contribution in [3.8, 4) is 0 Å². The molecule has 2 rings (SSSR count). The van der Waals surface area contributed by atoms with Crippen molar-refractivity contribution in [2.75, 3.05) is 7.11 Å². The normalized spacial score (nSPS) is 11.5. The third-order valence-corrected chi connectivity index (χ3v) is 3.07. The molecule has 0 fully saturated rings. The molecule has 1 aromatic carbocycles. The number of carbonyl (C=O) groups is 1. The number of ether oxygens (including phenoxy) is 1. The van der Waals surface area contributed by atoms with Gasteiger partial charge in [-0.3, -0.25) is 0 Å². The summed E-state index contributed by atoms with van der Waals surface area (Å²) in [5.74, 6) is 0.0396. The zero-order valence-corrected chi connectivity index (χ0v) is 11.4. The molecule has 2 aromatic rings. The Morgan fingerprint density at radius 1 is 1.29 bits per heavy atom. The average Bonchev–Trinajstić information content (AvgIpc) is 2.79. The van der Waals surface area contributed by atoms with E-state index >= 15 is 0 Å². The quantitative estimate of drug-likeness (QED) is 0.818. The van der Waals surface area contributed by atoms with Gasteiger partial charge in [0.2, 0.25) is 0 Å². The fourth-order valence-corrected chi connectivity index (χ4v) is 1.92. The van der Waals surface area contributed by atoms with Gasteiger partial charge in [-0.2, -0.15) is 13.2 Å². The van der Waals surface area contributed by atoms with Crippen molar-refractivity contribution < 1.29 is 22.7 Å². The summed E-state index contributed by atoms with van der Waals surface area (Å²) in [5.41, 5.74) is 0.186. The molecule has 112 valence electrons. The zero-order valence-electron chi connectivity index (χ0n) is 11.4. The molecule has 0 unspecified atom stereocenters. The molecular weight excluding hydrogens is 285 g/mol. The van der Waals surface area contributed by atoms with Crippen LogP contribution in [0, 0.1) is 6.92 Å². The molecule has 0 aliphatic carbocycles. The summed E-state index contributed by atoms with van der Waals surface area (Å²) >= 11 is 0. The third-order valence-electron chi connectivity index (χ3n) is 3.07. The van der Waals surface area contributed by atoms with Gasteiger partial charge in [0.25, 0.3) is 0 Å². The maximum atomic E-state index is 12.5. The molecule has 1 heterocycles. The molecule has 7 heteroatoms. The van der Waals surface area contributed by atoms with E-state index < -0.39 is 17.7 Å². The number of imidazole rings is 1. The first kappa shape index (κ1) is 15.1. The summed E-state index contributed by atoms with van der Waals surface area (Å²) in [4.78, 5) is 15.6. The van der Waals surface area contributed by atoms with E-state index in [0.717, 1.165) is 12.1 Å². The number of methoxy groups -OCH3 is 1. The number of hydrogen-bond donors (Lipinski definition) is 0. The van der Waals surface area contributed by atoms with Crippen molar-refractivity contribution in [2.45, 2.75) is 19.6 Å². The number of nitrogens with zero attached hydrogens (tertiary/aromatic N) is 2. The third kappa shape index (κ3) is 3.24. The Labute approximate surface area is 119 Å². The Morgan fingerprint density at radius 3 is 2.43 bits per heavy atom. The lowest BCUT2D eigenvalue weighted by Gasteiger charge is -2.11. The van der Waals surface area contributed by atoms with Gasteiger partial charge in [-0.25, -0.2) is 9.78 Å². The van der Waals surface area contributed by atoms with Crippen molar-refractivity contribution in [3.63, 3.8) is 0 Å². The van der Waals surface area contributed by atoms with Gasteiger partial charge in [-0.1, -0.05) is 12.1 Å². The van der Waals surface area contributed by atoms with Gasteiger partial charge in [0.05, 0.1) is 18.9 Å². The number of aryl methyl sites for hydroxylation is 1. The fraction of sp³-hybridized carbons (Fsp3) is 0.286. The highest BCUT2D eigenvalue weighted by Crippen LogP contribution is 2.29. The Bertz CT molecular complexity index is 645. The SMILES string of the molecule is COC(=O)c1cnc(C)n1Cc1ccc(C(F)(F)F)cc1. The minimum absolute atomic E-state index is 0.244. The highest BCUT2D eigenvalue weighted by atomic mass is 19.4.